The van der Waals surface area contributed by atoms with Crippen LogP contribution >= 0.6 is 0 Å². The molecule has 0 bridgehead atoms. The summed E-state index contributed by atoms with van der Waals surface area (Å²) in [5.41, 5.74) is 0. The van der Waals surface area contributed by atoms with Gasteiger partial charge in [-0.1, -0.05) is 300 Å². The molecular weight excluding hydrogens is 1030 g/mol. The van der Waals surface area contributed by atoms with Gasteiger partial charge in [-0.25, -0.2) is 0 Å². The van der Waals surface area contributed by atoms with E-state index in [1.54, 1.807) is 6.08 Å². The summed E-state index contributed by atoms with van der Waals surface area (Å²) in [7, 11) is 0. The van der Waals surface area contributed by atoms with Gasteiger partial charge < -0.3 is 45.1 Å². The summed E-state index contributed by atoms with van der Waals surface area (Å²) in [6, 6.07) is -1.02. The Balaban J connectivity index is 2.56. The molecule has 1 aliphatic heterocycles. The molecule has 0 aromatic heterocycles. The van der Waals surface area contributed by atoms with Crippen molar-refractivity contribution in [2.45, 2.75) is 365 Å². The third-order valence-corrected chi connectivity index (χ3v) is 16.2. The summed E-state index contributed by atoms with van der Waals surface area (Å²) >= 11 is 0. The van der Waals surface area contributed by atoms with E-state index in [9.17, 15) is 35.1 Å². The Morgan fingerprint density at radius 3 is 1.28 bits per heavy atom. The molecule has 6 N–H and O–H groups in total. The lowest BCUT2D eigenvalue weighted by atomic mass is 9.99. The van der Waals surface area contributed by atoms with Crippen LogP contribution in [0, 0.1) is 0 Å². The van der Waals surface area contributed by atoms with E-state index in [4.69, 9.17) is 14.2 Å². The fourth-order valence-electron chi connectivity index (χ4n) is 10.7. The molecule has 1 heterocycles. The number of rotatable bonds is 59. The number of ether oxygens (including phenoxy) is 3. The van der Waals surface area contributed by atoms with E-state index in [2.05, 4.69) is 74.7 Å². The smallest absolute Gasteiger partial charge is 0.306 e. The number of aliphatic hydroxyl groups is 5. The maximum atomic E-state index is 13.4. The monoisotopic (exact) mass is 1160 g/mol. The lowest BCUT2D eigenvalue weighted by molar-refractivity contribution is -0.305. The molecular formula is C71H129NO10. The first-order valence-corrected chi connectivity index (χ1v) is 34.6. The number of carbonyl (C=O) groups is 2. The Hall–Kier alpha value is -2.64. The van der Waals surface area contributed by atoms with Gasteiger partial charge in [0.1, 0.15) is 24.4 Å². The van der Waals surface area contributed by atoms with Gasteiger partial charge in [0.15, 0.2) is 12.4 Å². The standard InChI is InChI=1S/C71H129NO10/c1-4-7-10-13-16-19-22-25-26-27-28-29-30-31-32-33-34-35-36-37-38-41-44-47-50-53-56-59-66(76)82-69-68(78)67(77)65(60-73)81-71(69)80-61-62(63(74)57-54-51-48-45-42-39-23-20-17-14-11-8-5-2)72-70(79)64(75)58-55-52-49-46-43-40-24-21-18-15-12-9-6-3/h16,19,25-26,28-29,31-32,54,57,62-65,67-69,71,73-75,77-78H,4-15,17-18,20-24,27,30,33-53,55-56,58-61H2,1-3H3,(H,72,79)/b19-16-,26-25-,29-28-,32-31-,57-54+. The fourth-order valence-corrected chi connectivity index (χ4v) is 10.7. The highest BCUT2D eigenvalue weighted by Gasteiger charge is 2.47. The molecule has 11 heteroatoms. The number of carbonyl (C=O) groups excluding carboxylic acids is 2. The van der Waals surface area contributed by atoms with Crippen LogP contribution in [-0.2, 0) is 23.8 Å². The van der Waals surface area contributed by atoms with Crippen LogP contribution in [0.5, 0.6) is 0 Å². The quantitative estimate of drug-likeness (QED) is 0.0195. The van der Waals surface area contributed by atoms with Gasteiger partial charge in [0.05, 0.1) is 25.4 Å². The van der Waals surface area contributed by atoms with E-state index in [1.807, 2.05) is 6.08 Å². The second-order valence-corrected chi connectivity index (χ2v) is 23.9. The average Bonchev–Trinajstić information content (AvgIpc) is 3.57. The van der Waals surface area contributed by atoms with Crippen molar-refractivity contribution in [1.29, 1.82) is 0 Å². The highest BCUT2D eigenvalue weighted by molar-refractivity contribution is 5.80. The number of allylic oxidation sites excluding steroid dienone is 9. The van der Waals surface area contributed by atoms with Crippen molar-refractivity contribution in [1.82, 2.24) is 5.32 Å². The molecule has 0 aromatic carbocycles. The number of aliphatic hydroxyl groups excluding tert-OH is 5. The third-order valence-electron chi connectivity index (χ3n) is 16.2. The molecule has 11 nitrogen and oxygen atoms in total. The van der Waals surface area contributed by atoms with Crippen LogP contribution in [0.15, 0.2) is 60.8 Å². The molecule has 0 aliphatic carbocycles. The first kappa shape index (κ1) is 77.4. The largest absolute Gasteiger partial charge is 0.454 e. The SMILES string of the molecule is CCCCC/C=C\C/C=C\C/C=C\C/C=C\CCCCCCCCCCCCCC(=O)OC1C(OCC(NC(=O)C(O)CCCCCCCCCCCCCCC)C(O)/C=C/CCCCCCCCCCCCC)OC(CO)C(O)C1O. The van der Waals surface area contributed by atoms with Crippen molar-refractivity contribution in [2.24, 2.45) is 0 Å². The Bertz CT molecular complexity index is 1560. The zero-order chi connectivity index (χ0) is 59.6. The van der Waals surface area contributed by atoms with Gasteiger partial charge in [0.25, 0.3) is 0 Å². The van der Waals surface area contributed by atoms with Crippen molar-refractivity contribution >= 4 is 11.9 Å². The van der Waals surface area contributed by atoms with E-state index >= 15 is 0 Å². The molecule has 0 saturated carbocycles. The molecule has 0 radical (unpaired) electrons. The van der Waals surface area contributed by atoms with Crippen LogP contribution in [0.3, 0.4) is 0 Å². The van der Waals surface area contributed by atoms with E-state index in [0.29, 0.717) is 19.3 Å². The third kappa shape index (κ3) is 45.7. The van der Waals surface area contributed by atoms with Gasteiger partial charge in [-0.3, -0.25) is 9.59 Å². The molecule has 1 rings (SSSR count). The number of hydrogen-bond acceptors (Lipinski definition) is 10. The van der Waals surface area contributed by atoms with Crippen LogP contribution in [0.4, 0.5) is 0 Å². The minimum Gasteiger partial charge on any atom is -0.454 e. The Kier molecular flexibility index (Phi) is 55.4. The van der Waals surface area contributed by atoms with Crippen LogP contribution < -0.4 is 5.32 Å². The molecule has 0 aromatic rings. The molecule has 0 spiro atoms. The predicted octanol–water partition coefficient (Wildman–Crippen LogP) is 17.3. The fraction of sp³-hybridized carbons (Fsp3) is 0.831. The van der Waals surface area contributed by atoms with Gasteiger partial charge in [0, 0.05) is 6.42 Å². The molecule has 82 heavy (non-hydrogen) atoms. The van der Waals surface area contributed by atoms with E-state index in [1.165, 1.54) is 186 Å². The van der Waals surface area contributed by atoms with Crippen molar-refractivity contribution in [2.75, 3.05) is 13.2 Å². The first-order chi connectivity index (χ1) is 40.2. The average molecular weight is 1160 g/mol. The van der Waals surface area contributed by atoms with Crippen LogP contribution in [0.25, 0.3) is 0 Å². The zero-order valence-corrected chi connectivity index (χ0v) is 53.1. The second kappa shape index (κ2) is 58.7. The lowest BCUT2D eigenvalue weighted by Gasteiger charge is -2.41. The van der Waals surface area contributed by atoms with Gasteiger partial charge in [-0.15, -0.1) is 0 Å². The minimum absolute atomic E-state index is 0.120. The summed E-state index contributed by atoms with van der Waals surface area (Å²) < 4.78 is 17.7. The molecule has 1 fully saturated rings. The van der Waals surface area contributed by atoms with Gasteiger partial charge >= 0.3 is 5.97 Å². The first-order valence-electron chi connectivity index (χ1n) is 34.6. The molecule has 8 unspecified atom stereocenters. The normalized spacial score (nSPS) is 19.0. The highest BCUT2D eigenvalue weighted by atomic mass is 16.7. The number of esters is 1. The second-order valence-electron chi connectivity index (χ2n) is 23.9. The topological polar surface area (TPSA) is 175 Å². The van der Waals surface area contributed by atoms with Gasteiger partial charge in [-0.2, -0.15) is 0 Å². The Morgan fingerprint density at radius 2 is 0.841 bits per heavy atom. The predicted molar refractivity (Wildman–Crippen MR) is 343 cm³/mol. The molecule has 1 aliphatic rings. The number of hydrogen-bond donors (Lipinski definition) is 6. The summed E-state index contributed by atoms with van der Waals surface area (Å²) in [5, 5.41) is 57.1. The highest BCUT2D eigenvalue weighted by Crippen LogP contribution is 2.26. The summed E-state index contributed by atoms with van der Waals surface area (Å²) in [5.74, 6) is -1.19. The Morgan fingerprint density at radius 1 is 0.476 bits per heavy atom. The van der Waals surface area contributed by atoms with Gasteiger partial charge in [-0.05, 0) is 70.6 Å². The van der Waals surface area contributed by atoms with E-state index < -0.39 is 67.4 Å². The van der Waals surface area contributed by atoms with Crippen molar-refractivity contribution < 1.29 is 49.3 Å². The number of nitrogens with one attached hydrogen (secondary N) is 1. The molecule has 1 saturated heterocycles. The number of unbranched alkanes of at least 4 members (excludes halogenated alkanes) is 37. The summed E-state index contributed by atoms with van der Waals surface area (Å²) in [4.78, 5) is 26.6. The van der Waals surface area contributed by atoms with Crippen LogP contribution in [-0.4, -0.2) is 99.6 Å². The maximum absolute atomic E-state index is 13.4. The van der Waals surface area contributed by atoms with Crippen molar-refractivity contribution in [3.8, 4) is 0 Å². The minimum atomic E-state index is -1.62. The molecule has 8 atom stereocenters. The molecule has 1 amide bonds. The summed E-state index contributed by atoms with van der Waals surface area (Å²) in [6.07, 6.45) is 64.0. The van der Waals surface area contributed by atoms with Crippen LogP contribution in [0.1, 0.15) is 316 Å². The van der Waals surface area contributed by atoms with Crippen molar-refractivity contribution in [3.05, 3.63) is 60.8 Å². The Labute approximate surface area is 503 Å². The van der Waals surface area contributed by atoms with E-state index in [-0.39, 0.29) is 13.0 Å². The van der Waals surface area contributed by atoms with E-state index in [0.717, 1.165) is 83.5 Å². The zero-order valence-electron chi connectivity index (χ0n) is 53.1. The lowest BCUT2D eigenvalue weighted by Crippen LogP contribution is -2.61. The summed E-state index contributed by atoms with van der Waals surface area (Å²) in [6.45, 7) is 5.79. The van der Waals surface area contributed by atoms with Crippen LogP contribution in [0.2, 0.25) is 0 Å². The maximum Gasteiger partial charge on any atom is 0.306 e. The molecule has 478 valence electrons. The van der Waals surface area contributed by atoms with Gasteiger partial charge in [0.2, 0.25) is 5.91 Å². The number of amides is 1. The van der Waals surface area contributed by atoms with Crippen molar-refractivity contribution in [3.63, 3.8) is 0 Å².